The zero-order valence-electron chi connectivity index (χ0n) is 16.6. The molecule has 10 nitrogen and oxygen atoms in total. The van der Waals surface area contributed by atoms with Gasteiger partial charge in [-0.3, -0.25) is 10.1 Å². The van der Waals surface area contributed by atoms with Crippen molar-refractivity contribution in [3.05, 3.63) is 45.3 Å². The average Bonchev–Trinajstić information content (AvgIpc) is 2.92. The highest BCUT2D eigenvalue weighted by Crippen LogP contribution is 2.31. The van der Waals surface area contributed by atoms with E-state index in [0.717, 1.165) is 11.6 Å². The standard InChI is InChI=1S/C17H25N5O5S/c1-12-15(13(2)27-19-12)11-21(5)16-7-6-14(10-17(16)22(23)24)28(25,26)18-8-9-20(3)4/h6-7,10,18H,8-9,11H2,1-5H3. The number of benzene rings is 1. The molecule has 11 heteroatoms. The molecule has 0 aliphatic rings. The number of hydrogen-bond acceptors (Lipinski definition) is 8. The van der Waals surface area contributed by atoms with Gasteiger partial charge >= 0.3 is 0 Å². The van der Waals surface area contributed by atoms with Crippen LogP contribution in [-0.4, -0.2) is 57.6 Å². The molecule has 0 amide bonds. The molecule has 1 heterocycles. The van der Waals surface area contributed by atoms with Crippen molar-refractivity contribution >= 4 is 21.4 Å². The van der Waals surface area contributed by atoms with Gasteiger partial charge in [0.2, 0.25) is 10.0 Å². The third-order valence-electron chi connectivity index (χ3n) is 4.29. The molecular weight excluding hydrogens is 386 g/mol. The Morgan fingerprint density at radius 2 is 1.93 bits per heavy atom. The monoisotopic (exact) mass is 411 g/mol. The average molecular weight is 411 g/mol. The van der Waals surface area contributed by atoms with Crippen LogP contribution in [0.15, 0.2) is 27.6 Å². The molecule has 0 atom stereocenters. The van der Waals surface area contributed by atoms with E-state index in [2.05, 4.69) is 9.88 Å². The molecule has 1 aromatic heterocycles. The molecule has 0 aliphatic carbocycles. The maximum Gasteiger partial charge on any atom is 0.293 e. The van der Waals surface area contributed by atoms with Crippen LogP contribution in [0.5, 0.6) is 0 Å². The van der Waals surface area contributed by atoms with E-state index in [1.807, 2.05) is 19.0 Å². The summed E-state index contributed by atoms with van der Waals surface area (Å²) in [6, 6.07) is 3.89. The van der Waals surface area contributed by atoms with Gasteiger partial charge in [0, 0.05) is 38.3 Å². The van der Waals surface area contributed by atoms with Gasteiger partial charge in [0.25, 0.3) is 5.69 Å². The van der Waals surface area contributed by atoms with Crippen molar-refractivity contribution < 1.29 is 17.9 Å². The van der Waals surface area contributed by atoms with E-state index < -0.39 is 14.9 Å². The predicted molar refractivity (Wildman–Crippen MR) is 105 cm³/mol. The zero-order chi connectivity index (χ0) is 21.1. The Bertz CT molecular complexity index is 935. The Hall–Kier alpha value is -2.50. The van der Waals surface area contributed by atoms with Gasteiger partial charge in [-0.05, 0) is 40.1 Å². The van der Waals surface area contributed by atoms with E-state index in [4.69, 9.17) is 4.52 Å². The van der Waals surface area contributed by atoms with Crippen LogP contribution in [-0.2, 0) is 16.6 Å². The molecule has 28 heavy (non-hydrogen) atoms. The molecule has 0 fully saturated rings. The molecule has 2 aromatic rings. The number of sulfonamides is 1. The first-order chi connectivity index (χ1) is 13.0. The molecule has 0 unspecified atom stereocenters. The summed E-state index contributed by atoms with van der Waals surface area (Å²) in [6.07, 6.45) is 0. The number of nitrogens with zero attached hydrogens (tertiary/aromatic N) is 4. The fourth-order valence-corrected chi connectivity index (χ4v) is 3.72. The molecule has 0 radical (unpaired) electrons. The molecule has 0 aliphatic heterocycles. The quantitative estimate of drug-likeness (QED) is 0.488. The first-order valence-electron chi connectivity index (χ1n) is 8.58. The topological polar surface area (TPSA) is 122 Å². The summed E-state index contributed by atoms with van der Waals surface area (Å²) < 4.78 is 32.4. The minimum absolute atomic E-state index is 0.146. The summed E-state index contributed by atoms with van der Waals surface area (Å²) in [5.41, 5.74) is 1.55. The molecule has 154 valence electrons. The minimum Gasteiger partial charge on any atom is -0.365 e. The maximum atomic E-state index is 12.4. The van der Waals surface area contributed by atoms with Crippen LogP contribution in [0.3, 0.4) is 0 Å². The third kappa shape index (κ3) is 5.06. The number of nitro groups is 1. The largest absolute Gasteiger partial charge is 0.365 e. The van der Waals surface area contributed by atoms with Crippen LogP contribution < -0.4 is 9.62 Å². The van der Waals surface area contributed by atoms with E-state index >= 15 is 0 Å². The van der Waals surface area contributed by atoms with Crippen molar-refractivity contribution in [2.45, 2.75) is 25.3 Å². The summed E-state index contributed by atoms with van der Waals surface area (Å²) in [7, 11) is 1.49. The van der Waals surface area contributed by atoms with E-state index in [0.29, 0.717) is 30.2 Å². The second-order valence-electron chi connectivity index (χ2n) is 6.77. The SMILES string of the molecule is Cc1noc(C)c1CN(C)c1ccc(S(=O)(=O)NCCN(C)C)cc1[N+](=O)[O-]. The number of nitrogens with one attached hydrogen (secondary N) is 1. The van der Waals surface area contributed by atoms with Gasteiger partial charge in [-0.2, -0.15) is 0 Å². The van der Waals surface area contributed by atoms with Crippen molar-refractivity contribution in [3.63, 3.8) is 0 Å². The number of hydrogen-bond donors (Lipinski definition) is 1. The van der Waals surface area contributed by atoms with Gasteiger partial charge in [-0.1, -0.05) is 5.16 Å². The van der Waals surface area contributed by atoms with Gasteiger partial charge in [-0.25, -0.2) is 13.1 Å². The Kier molecular flexibility index (Phi) is 6.75. The number of rotatable bonds is 9. The molecule has 2 rings (SSSR count). The lowest BCUT2D eigenvalue weighted by molar-refractivity contribution is -0.384. The van der Waals surface area contributed by atoms with Crippen LogP contribution in [0.1, 0.15) is 17.0 Å². The molecule has 0 saturated carbocycles. The normalized spacial score (nSPS) is 11.8. The highest BCUT2D eigenvalue weighted by atomic mass is 32.2. The highest BCUT2D eigenvalue weighted by Gasteiger charge is 2.24. The zero-order valence-corrected chi connectivity index (χ0v) is 17.4. The fourth-order valence-electron chi connectivity index (χ4n) is 2.68. The van der Waals surface area contributed by atoms with Crippen LogP contribution in [0.2, 0.25) is 0 Å². The van der Waals surface area contributed by atoms with Gasteiger partial charge in [-0.15, -0.1) is 0 Å². The van der Waals surface area contributed by atoms with Gasteiger partial charge in [0.1, 0.15) is 11.4 Å². The lowest BCUT2D eigenvalue weighted by Crippen LogP contribution is -2.31. The highest BCUT2D eigenvalue weighted by molar-refractivity contribution is 7.89. The third-order valence-corrected chi connectivity index (χ3v) is 5.75. The van der Waals surface area contributed by atoms with Crippen LogP contribution >= 0.6 is 0 Å². The number of anilines is 1. The fraction of sp³-hybridized carbons (Fsp3) is 0.471. The predicted octanol–water partition coefficient (Wildman–Crippen LogP) is 1.68. The molecule has 0 saturated heterocycles. The molecule has 0 bridgehead atoms. The lowest BCUT2D eigenvalue weighted by Gasteiger charge is -2.19. The van der Waals surface area contributed by atoms with Gasteiger partial charge in [0.05, 0.1) is 15.5 Å². The molecule has 1 N–H and O–H groups in total. The number of likely N-dealkylation sites (N-methyl/N-ethyl adjacent to an activating group) is 1. The maximum absolute atomic E-state index is 12.4. The van der Waals surface area contributed by atoms with E-state index in [-0.39, 0.29) is 17.1 Å². The Labute approximate surface area is 164 Å². The number of aryl methyl sites for hydroxylation is 2. The smallest absolute Gasteiger partial charge is 0.293 e. The minimum atomic E-state index is -3.84. The second-order valence-corrected chi connectivity index (χ2v) is 8.53. The van der Waals surface area contributed by atoms with Crippen LogP contribution in [0.4, 0.5) is 11.4 Å². The number of nitro benzene ring substituents is 1. The summed E-state index contributed by atoms with van der Waals surface area (Å²) in [6.45, 7) is 4.63. The van der Waals surface area contributed by atoms with Crippen molar-refractivity contribution in [2.24, 2.45) is 0 Å². The van der Waals surface area contributed by atoms with Gasteiger partial charge < -0.3 is 14.3 Å². The summed E-state index contributed by atoms with van der Waals surface area (Å²) in [4.78, 5) is 14.3. The van der Waals surface area contributed by atoms with E-state index in [1.54, 1.807) is 25.8 Å². The van der Waals surface area contributed by atoms with E-state index in [9.17, 15) is 18.5 Å². The molecule has 0 spiro atoms. The van der Waals surface area contributed by atoms with Crippen LogP contribution in [0, 0.1) is 24.0 Å². The Balaban J connectivity index is 2.31. The van der Waals surface area contributed by atoms with Crippen molar-refractivity contribution in [1.82, 2.24) is 14.8 Å². The summed E-state index contributed by atoms with van der Waals surface area (Å²) in [5, 5.41) is 15.5. The summed E-state index contributed by atoms with van der Waals surface area (Å²) >= 11 is 0. The lowest BCUT2D eigenvalue weighted by atomic mass is 10.1. The van der Waals surface area contributed by atoms with Crippen molar-refractivity contribution in [2.75, 3.05) is 39.1 Å². The van der Waals surface area contributed by atoms with Crippen LogP contribution in [0.25, 0.3) is 0 Å². The second kappa shape index (κ2) is 8.67. The van der Waals surface area contributed by atoms with Gasteiger partial charge in [0.15, 0.2) is 0 Å². The Morgan fingerprint density at radius 1 is 1.25 bits per heavy atom. The first-order valence-corrected chi connectivity index (χ1v) is 10.1. The Morgan fingerprint density at radius 3 is 2.46 bits per heavy atom. The summed E-state index contributed by atoms with van der Waals surface area (Å²) in [5.74, 6) is 0.635. The van der Waals surface area contributed by atoms with Crippen molar-refractivity contribution in [1.29, 1.82) is 0 Å². The molecular formula is C17H25N5O5S. The first kappa shape index (κ1) is 21.8. The number of aromatic nitrogens is 1. The van der Waals surface area contributed by atoms with Crippen molar-refractivity contribution in [3.8, 4) is 0 Å². The molecule has 1 aromatic carbocycles. The van der Waals surface area contributed by atoms with E-state index in [1.165, 1.54) is 12.1 Å².